The first-order chi connectivity index (χ1) is 8.28. The Kier molecular flexibility index (Phi) is 5.03. The maximum absolute atomic E-state index is 12.7. The number of rotatable bonds is 5. The summed E-state index contributed by atoms with van der Waals surface area (Å²) in [6.07, 6.45) is 0.470. The summed E-state index contributed by atoms with van der Waals surface area (Å²) in [6.45, 7) is 8.19. The molecule has 18 heavy (non-hydrogen) atoms. The van der Waals surface area contributed by atoms with E-state index in [1.807, 2.05) is 7.05 Å². The Morgan fingerprint density at radius 1 is 1.22 bits per heavy atom. The standard InChI is InChI=1S/C15H22FNO/c1-15(2,3)11-17(4)10-9-14(18)12-5-7-13(16)8-6-12/h5-8H,9-11H2,1-4H3. The van der Waals surface area contributed by atoms with Crippen LogP contribution in [0.2, 0.25) is 0 Å². The van der Waals surface area contributed by atoms with E-state index in [0.29, 0.717) is 12.0 Å². The molecule has 0 N–H and O–H groups in total. The van der Waals surface area contributed by atoms with Gasteiger partial charge in [0.2, 0.25) is 0 Å². The normalized spacial score (nSPS) is 11.9. The Morgan fingerprint density at radius 3 is 2.28 bits per heavy atom. The molecule has 0 bridgehead atoms. The molecule has 0 atom stereocenters. The first-order valence-electron chi connectivity index (χ1n) is 6.25. The van der Waals surface area contributed by atoms with Crippen molar-refractivity contribution in [2.24, 2.45) is 5.41 Å². The number of carbonyl (C=O) groups excluding carboxylic acids is 1. The fourth-order valence-electron chi connectivity index (χ4n) is 1.96. The largest absolute Gasteiger partial charge is 0.305 e. The SMILES string of the molecule is CN(CCC(=O)c1ccc(F)cc1)CC(C)(C)C. The summed E-state index contributed by atoms with van der Waals surface area (Å²) in [5.74, 6) is -0.243. The van der Waals surface area contributed by atoms with E-state index in [4.69, 9.17) is 0 Å². The van der Waals surface area contributed by atoms with Gasteiger partial charge in [-0.25, -0.2) is 4.39 Å². The van der Waals surface area contributed by atoms with Gasteiger partial charge in [0.15, 0.2) is 5.78 Å². The van der Waals surface area contributed by atoms with Crippen LogP contribution in [0, 0.1) is 11.2 Å². The van der Waals surface area contributed by atoms with Crippen LogP contribution in [-0.2, 0) is 0 Å². The summed E-state index contributed by atoms with van der Waals surface area (Å²) in [5, 5.41) is 0. The van der Waals surface area contributed by atoms with Gasteiger partial charge in [-0.2, -0.15) is 0 Å². The lowest BCUT2D eigenvalue weighted by atomic mass is 9.96. The molecule has 0 saturated heterocycles. The first-order valence-corrected chi connectivity index (χ1v) is 6.25. The summed E-state index contributed by atoms with van der Waals surface area (Å²) in [4.78, 5) is 14.0. The van der Waals surface area contributed by atoms with Crippen molar-refractivity contribution in [2.75, 3.05) is 20.1 Å². The van der Waals surface area contributed by atoms with Crippen LogP contribution in [0.5, 0.6) is 0 Å². The van der Waals surface area contributed by atoms with E-state index in [1.165, 1.54) is 12.1 Å². The molecule has 0 aliphatic carbocycles. The van der Waals surface area contributed by atoms with E-state index in [9.17, 15) is 9.18 Å². The monoisotopic (exact) mass is 251 g/mol. The lowest BCUT2D eigenvalue weighted by molar-refractivity contribution is 0.0961. The molecule has 0 aliphatic heterocycles. The number of carbonyl (C=O) groups is 1. The number of nitrogens with zero attached hydrogens (tertiary/aromatic N) is 1. The van der Waals surface area contributed by atoms with Gasteiger partial charge in [0.25, 0.3) is 0 Å². The molecule has 100 valence electrons. The second-order valence-corrected chi connectivity index (χ2v) is 5.98. The molecule has 0 aliphatic rings. The van der Waals surface area contributed by atoms with Gasteiger partial charge in [-0.1, -0.05) is 20.8 Å². The van der Waals surface area contributed by atoms with Gasteiger partial charge in [-0.15, -0.1) is 0 Å². The Bertz CT molecular complexity index is 392. The van der Waals surface area contributed by atoms with Gasteiger partial charge < -0.3 is 4.90 Å². The summed E-state index contributed by atoms with van der Waals surface area (Å²) in [7, 11) is 2.02. The second-order valence-electron chi connectivity index (χ2n) is 5.98. The van der Waals surface area contributed by atoms with E-state index in [2.05, 4.69) is 25.7 Å². The summed E-state index contributed by atoms with van der Waals surface area (Å²) >= 11 is 0. The van der Waals surface area contributed by atoms with Crippen LogP contribution in [-0.4, -0.2) is 30.8 Å². The first kappa shape index (κ1) is 14.8. The topological polar surface area (TPSA) is 20.3 Å². The van der Waals surface area contributed by atoms with Crippen molar-refractivity contribution in [1.82, 2.24) is 4.90 Å². The average Bonchev–Trinajstić information content (AvgIpc) is 2.24. The highest BCUT2D eigenvalue weighted by atomic mass is 19.1. The van der Waals surface area contributed by atoms with Gasteiger partial charge in [0, 0.05) is 25.1 Å². The number of halogens is 1. The minimum absolute atomic E-state index is 0.0655. The fourth-order valence-corrected chi connectivity index (χ4v) is 1.96. The van der Waals surface area contributed by atoms with Gasteiger partial charge in [0.1, 0.15) is 5.82 Å². The zero-order valence-electron chi connectivity index (χ0n) is 11.7. The third kappa shape index (κ3) is 5.41. The molecular weight excluding hydrogens is 229 g/mol. The minimum atomic E-state index is -0.309. The van der Waals surface area contributed by atoms with E-state index in [0.717, 1.165) is 13.1 Å². The van der Waals surface area contributed by atoms with Crippen LogP contribution in [0.15, 0.2) is 24.3 Å². The van der Waals surface area contributed by atoms with Crippen molar-refractivity contribution in [3.63, 3.8) is 0 Å². The van der Waals surface area contributed by atoms with Crippen molar-refractivity contribution < 1.29 is 9.18 Å². The summed E-state index contributed by atoms with van der Waals surface area (Å²) in [6, 6.07) is 5.74. The number of hydrogen-bond acceptors (Lipinski definition) is 2. The van der Waals surface area contributed by atoms with Gasteiger partial charge in [0.05, 0.1) is 0 Å². The lowest BCUT2D eigenvalue weighted by Crippen LogP contribution is -2.31. The van der Waals surface area contributed by atoms with Crippen LogP contribution in [0.25, 0.3) is 0 Å². The van der Waals surface area contributed by atoms with Crippen molar-refractivity contribution >= 4 is 5.78 Å². The molecule has 0 spiro atoms. The maximum Gasteiger partial charge on any atom is 0.164 e. The van der Waals surface area contributed by atoms with Gasteiger partial charge >= 0.3 is 0 Å². The molecule has 0 radical (unpaired) electrons. The van der Waals surface area contributed by atoms with Crippen molar-refractivity contribution in [2.45, 2.75) is 27.2 Å². The van der Waals surface area contributed by atoms with Crippen molar-refractivity contribution in [3.8, 4) is 0 Å². The molecule has 3 heteroatoms. The Balaban J connectivity index is 2.44. The van der Waals surface area contributed by atoms with Crippen LogP contribution >= 0.6 is 0 Å². The van der Waals surface area contributed by atoms with Crippen LogP contribution in [0.4, 0.5) is 4.39 Å². The predicted molar refractivity (Wildman–Crippen MR) is 72.3 cm³/mol. The Morgan fingerprint density at radius 2 is 1.78 bits per heavy atom. The van der Waals surface area contributed by atoms with Gasteiger partial charge in [-0.3, -0.25) is 4.79 Å². The Labute approximate surface area is 109 Å². The fraction of sp³-hybridized carbons (Fsp3) is 0.533. The molecule has 0 saturated carbocycles. The summed E-state index contributed by atoms with van der Waals surface area (Å²) < 4.78 is 12.7. The lowest BCUT2D eigenvalue weighted by Gasteiger charge is -2.26. The number of benzene rings is 1. The second kappa shape index (κ2) is 6.10. The zero-order chi connectivity index (χ0) is 13.8. The molecule has 0 fully saturated rings. The smallest absolute Gasteiger partial charge is 0.164 e. The molecule has 0 amide bonds. The van der Waals surface area contributed by atoms with E-state index < -0.39 is 0 Å². The molecule has 0 aromatic heterocycles. The highest BCUT2D eigenvalue weighted by Gasteiger charge is 2.14. The molecule has 1 aromatic rings. The molecule has 2 nitrogen and oxygen atoms in total. The van der Waals surface area contributed by atoms with Crippen molar-refractivity contribution in [1.29, 1.82) is 0 Å². The van der Waals surface area contributed by atoms with Crippen LogP contribution in [0.1, 0.15) is 37.6 Å². The third-order valence-electron chi connectivity index (χ3n) is 2.63. The maximum atomic E-state index is 12.7. The molecule has 1 rings (SSSR count). The average molecular weight is 251 g/mol. The zero-order valence-corrected chi connectivity index (χ0v) is 11.7. The van der Waals surface area contributed by atoms with Crippen LogP contribution < -0.4 is 0 Å². The molecular formula is C15H22FNO. The quantitative estimate of drug-likeness (QED) is 0.748. The highest BCUT2D eigenvalue weighted by Crippen LogP contribution is 2.14. The number of ketones is 1. The van der Waals surface area contributed by atoms with E-state index in [-0.39, 0.29) is 17.0 Å². The van der Waals surface area contributed by atoms with E-state index >= 15 is 0 Å². The van der Waals surface area contributed by atoms with Crippen molar-refractivity contribution in [3.05, 3.63) is 35.6 Å². The van der Waals surface area contributed by atoms with Crippen LogP contribution in [0.3, 0.4) is 0 Å². The Hall–Kier alpha value is -1.22. The number of hydrogen-bond donors (Lipinski definition) is 0. The summed E-state index contributed by atoms with van der Waals surface area (Å²) in [5.41, 5.74) is 0.814. The molecule has 1 aromatic carbocycles. The third-order valence-corrected chi connectivity index (χ3v) is 2.63. The highest BCUT2D eigenvalue weighted by molar-refractivity contribution is 5.96. The molecule has 0 unspecified atom stereocenters. The number of Topliss-reactive ketones (excluding diaryl/α,β-unsaturated/α-hetero) is 1. The van der Waals surface area contributed by atoms with E-state index in [1.54, 1.807) is 12.1 Å². The van der Waals surface area contributed by atoms with Gasteiger partial charge in [-0.05, 0) is 36.7 Å². The molecule has 0 heterocycles. The predicted octanol–water partition coefficient (Wildman–Crippen LogP) is 3.38. The minimum Gasteiger partial charge on any atom is -0.305 e.